The second kappa shape index (κ2) is 7.89. The first-order chi connectivity index (χ1) is 13.6. The van der Waals surface area contributed by atoms with Gasteiger partial charge < -0.3 is 14.5 Å². The number of nitrogens with one attached hydrogen (secondary N) is 1. The molecule has 0 aliphatic heterocycles. The molecule has 1 aromatic heterocycles. The molecule has 28 heavy (non-hydrogen) atoms. The minimum absolute atomic E-state index is 0.0852. The Balaban J connectivity index is 1.37. The molecule has 1 aliphatic rings. The minimum atomic E-state index is -0.415. The lowest BCUT2D eigenvalue weighted by atomic mass is 9.89. The molecule has 1 aliphatic carbocycles. The van der Waals surface area contributed by atoms with Crippen LogP contribution in [-0.4, -0.2) is 12.5 Å². The number of aryl methyl sites for hydroxylation is 2. The molecule has 1 atom stereocenters. The number of ether oxygens (including phenoxy) is 1. The van der Waals surface area contributed by atoms with Crippen molar-refractivity contribution in [3.05, 3.63) is 75.6 Å². The highest BCUT2D eigenvalue weighted by atomic mass is 16.5. The van der Waals surface area contributed by atoms with Crippen molar-refractivity contribution in [1.29, 1.82) is 0 Å². The first-order valence-corrected chi connectivity index (χ1v) is 9.66. The van der Waals surface area contributed by atoms with E-state index in [9.17, 15) is 9.59 Å². The summed E-state index contributed by atoms with van der Waals surface area (Å²) in [6.45, 7) is 1.88. The van der Waals surface area contributed by atoms with E-state index >= 15 is 0 Å². The minimum Gasteiger partial charge on any atom is -0.484 e. The van der Waals surface area contributed by atoms with Crippen LogP contribution in [0.2, 0.25) is 0 Å². The molecule has 0 saturated heterocycles. The van der Waals surface area contributed by atoms with Crippen molar-refractivity contribution in [2.75, 3.05) is 6.61 Å². The maximum atomic E-state index is 12.3. The third-order valence-corrected chi connectivity index (χ3v) is 5.21. The van der Waals surface area contributed by atoms with Crippen LogP contribution in [0.25, 0.3) is 11.0 Å². The monoisotopic (exact) mass is 377 g/mol. The Kier molecular flexibility index (Phi) is 5.15. The third-order valence-electron chi connectivity index (χ3n) is 5.21. The van der Waals surface area contributed by atoms with Crippen molar-refractivity contribution < 1.29 is 13.9 Å². The molecule has 0 saturated carbocycles. The maximum absolute atomic E-state index is 12.3. The molecular formula is C23H23NO4. The maximum Gasteiger partial charge on any atom is 0.336 e. The number of hydrogen-bond donors (Lipinski definition) is 1. The Labute approximate surface area is 163 Å². The van der Waals surface area contributed by atoms with Crippen LogP contribution in [0.4, 0.5) is 0 Å². The Hall–Kier alpha value is -3.08. The molecule has 1 heterocycles. The molecule has 1 N–H and O–H groups in total. The van der Waals surface area contributed by atoms with E-state index in [0.717, 1.165) is 23.8 Å². The number of fused-ring (bicyclic) bond motifs is 2. The predicted molar refractivity (Wildman–Crippen MR) is 108 cm³/mol. The zero-order valence-electron chi connectivity index (χ0n) is 15.9. The van der Waals surface area contributed by atoms with E-state index in [0.29, 0.717) is 11.3 Å². The summed E-state index contributed by atoms with van der Waals surface area (Å²) >= 11 is 0. The van der Waals surface area contributed by atoms with Crippen LogP contribution in [-0.2, 0) is 17.6 Å². The molecule has 2 aromatic carbocycles. The zero-order valence-corrected chi connectivity index (χ0v) is 15.9. The average molecular weight is 377 g/mol. The molecule has 1 amide bonds. The van der Waals surface area contributed by atoms with Gasteiger partial charge in [0.2, 0.25) is 0 Å². The summed E-state index contributed by atoms with van der Waals surface area (Å²) in [7, 11) is 0. The van der Waals surface area contributed by atoms with Crippen molar-refractivity contribution >= 4 is 16.9 Å². The van der Waals surface area contributed by atoms with Gasteiger partial charge in [0.25, 0.3) is 5.91 Å². The van der Waals surface area contributed by atoms with Gasteiger partial charge in [0, 0.05) is 17.5 Å². The lowest BCUT2D eigenvalue weighted by molar-refractivity contribution is -0.123. The fraction of sp³-hybridized carbons (Fsp3) is 0.304. The molecule has 0 spiro atoms. The van der Waals surface area contributed by atoms with E-state index < -0.39 is 5.63 Å². The van der Waals surface area contributed by atoms with Crippen molar-refractivity contribution in [2.45, 2.75) is 38.6 Å². The lowest BCUT2D eigenvalue weighted by Crippen LogP contribution is -2.31. The highest BCUT2D eigenvalue weighted by Gasteiger charge is 2.14. The van der Waals surface area contributed by atoms with Crippen LogP contribution in [0.5, 0.6) is 5.75 Å². The van der Waals surface area contributed by atoms with Crippen molar-refractivity contribution in [3.63, 3.8) is 0 Å². The molecule has 0 unspecified atom stereocenters. The van der Waals surface area contributed by atoms with Crippen molar-refractivity contribution in [2.24, 2.45) is 0 Å². The number of hydrogen-bond acceptors (Lipinski definition) is 4. The average Bonchev–Trinajstić information content (AvgIpc) is 2.71. The highest BCUT2D eigenvalue weighted by Crippen LogP contribution is 2.25. The van der Waals surface area contributed by atoms with Gasteiger partial charge in [0.1, 0.15) is 11.3 Å². The van der Waals surface area contributed by atoms with E-state index in [1.54, 1.807) is 24.3 Å². The first-order valence-electron chi connectivity index (χ1n) is 9.66. The largest absolute Gasteiger partial charge is 0.484 e. The molecule has 4 rings (SSSR count). The summed E-state index contributed by atoms with van der Waals surface area (Å²) < 4.78 is 10.7. The van der Waals surface area contributed by atoms with Crippen LogP contribution in [0, 0.1) is 0 Å². The third kappa shape index (κ3) is 4.09. The number of benzene rings is 2. The quantitative estimate of drug-likeness (QED) is 0.684. The second-order valence-corrected chi connectivity index (χ2v) is 7.27. The molecule has 0 fully saturated rings. The molecule has 0 bridgehead atoms. The highest BCUT2D eigenvalue weighted by molar-refractivity contribution is 5.79. The van der Waals surface area contributed by atoms with E-state index in [2.05, 4.69) is 23.5 Å². The summed E-state index contributed by atoms with van der Waals surface area (Å²) in [4.78, 5) is 23.6. The predicted octanol–water partition coefficient (Wildman–Crippen LogP) is 3.93. The van der Waals surface area contributed by atoms with Crippen molar-refractivity contribution in [3.8, 4) is 5.75 Å². The lowest BCUT2D eigenvalue weighted by Gasteiger charge is -2.20. The summed E-state index contributed by atoms with van der Waals surface area (Å²) in [5, 5.41) is 3.79. The fourth-order valence-corrected chi connectivity index (χ4v) is 3.67. The van der Waals surface area contributed by atoms with Gasteiger partial charge in [-0.1, -0.05) is 18.2 Å². The standard InChI is InChI=1S/C23H23NO4/c1-15(18-7-6-16-4-2-3-5-19(16)12-18)24-22(25)14-27-20-10-8-17-9-11-23(26)28-21(17)13-20/h6-13,15H,2-5,14H2,1H3,(H,24,25)/t15-/m0/s1. The van der Waals surface area contributed by atoms with Gasteiger partial charge in [-0.15, -0.1) is 0 Å². The van der Waals surface area contributed by atoms with E-state index in [1.165, 1.54) is 30.0 Å². The smallest absolute Gasteiger partial charge is 0.336 e. The number of amides is 1. The van der Waals surface area contributed by atoms with E-state index in [-0.39, 0.29) is 18.6 Å². The van der Waals surface area contributed by atoms with Gasteiger partial charge in [-0.25, -0.2) is 4.79 Å². The summed E-state index contributed by atoms with van der Waals surface area (Å²) in [5.74, 6) is 0.290. The molecule has 5 nitrogen and oxygen atoms in total. The fourth-order valence-electron chi connectivity index (χ4n) is 3.67. The van der Waals surface area contributed by atoms with Gasteiger partial charge >= 0.3 is 5.63 Å². The van der Waals surface area contributed by atoms with Gasteiger partial charge in [-0.2, -0.15) is 0 Å². The normalized spacial score (nSPS) is 14.3. The SMILES string of the molecule is C[C@H](NC(=O)COc1ccc2ccc(=O)oc2c1)c1ccc2c(c1)CCCC2. The molecule has 0 radical (unpaired) electrons. The van der Waals surface area contributed by atoms with E-state index in [4.69, 9.17) is 9.15 Å². The van der Waals surface area contributed by atoms with E-state index in [1.807, 2.05) is 6.92 Å². The van der Waals surface area contributed by atoms with Crippen LogP contribution in [0.15, 0.2) is 57.7 Å². The van der Waals surface area contributed by atoms with Gasteiger partial charge in [-0.3, -0.25) is 4.79 Å². The number of carbonyl (C=O) groups excluding carboxylic acids is 1. The van der Waals surface area contributed by atoms with Gasteiger partial charge in [-0.05, 0) is 67.5 Å². The van der Waals surface area contributed by atoms with Gasteiger partial charge in [0.05, 0.1) is 6.04 Å². The number of rotatable bonds is 5. The molecular weight excluding hydrogens is 354 g/mol. The summed E-state index contributed by atoms with van der Waals surface area (Å²) in [6.07, 6.45) is 4.76. The zero-order chi connectivity index (χ0) is 19.5. The Morgan fingerprint density at radius 1 is 1.07 bits per heavy atom. The van der Waals surface area contributed by atoms with Crippen LogP contribution >= 0.6 is 0 Å². The second-order valence-electron chi connectivity index (χ2n) is 7.27. The van der Waals surface area contributed by atoms with Gasteiger partial charge in [0.15, 0.2) is 6.61 Å². The topological polar surface area (TPSA) is 68.5 Å². The van der Waals surface area contributed by atoms with Crippen molar-refractivity contribution in [1.82, 2.24) is 5.32 Å². The summed E-state index contributed by atoms with van der Waals surface area (Å²) in [5.41, 5.74) is 3.97. The Bertz CT molecular complexity index is 1070. The number of carbonyl (C=O) groups is 1. The molecule has 3 aromatic rings. The molecule has 144 valence electrons. The van der Waals surface area contributed by atoms with Crippen LogP contribution < -0.4 is 15.7 Å². The van der Waals surface area contributed by atoms with Crippen LogP contribution in [0.1, 0.15) is 42.5 Å². The Morgan fingerprint density at radius 2 is 1.86 bits per heavy atom. The van der Waals surface area contributed by atoms with Crippen LogP contribution in [0.3, 0.4) is 0 Å². The Morgan fingerprint density at radius 3 is 2.71 bits per heavy atom. The summed E-state index contributed by atoms with van der Waals surface area (Å²) in [6, 6.07) is 14.6. The molecule has 5 heteroatoms. The first kappa shape index (κ1) is 18.3.